The first kappa shape index (κ1) is 26.8. The van der Waals surface area contributed by atoms with Crippen LogP contribution < -0.4 is 24.4 Å². The molecule has 3 aromatic rings. The minimum absolute atomic E-state index is 0.224. The number of ether oxygens (including phenoxy) is 4. The molecule has 8 nitrogen and oxygen atoms in total. The number of hydrazone groups is 1. The molecule has 0 aliphatic heterocycles. The van der Waals surface area contributed by atoms with Gasteiger partial charge in [0, 0.05) is 0 Å². The molecule has 188 valence electrons. The minimum Gasteiger partial charge on any atom is -0.494 e. The standard InChI is InChI=1S/C26H24Cl2N2O6/c1-3-33-19-11-9-18(10-12-19)26(32)36-21-13-8-17(14-23(21)34-4-2)15-29-30-24(31)16-35-22-7-5-6-20(27)25(22)28/h5-15H,3-4,16H2,1-2H3,(H,30,31)/b29-15-. The molecule has 0 atom stereocenters. The van der Waals surface area contributed by atoms with Crippen LogP contribution in [0.15, 0.2) is 65.8 Å². The number of nitrogens with zero attached hydrogens (tertiary/aromatic N) is 1. The molecule has 0 unspecified atom stereocenters. The number of nitrogens with one attached hydrogen (secondary N) is 1. The Kier molecular flexibility index (Phi) is 9.97. The summed E-state index contributed by atoms with van der Waals surface area (Å²) in [4.78, 5) is 24.6. The maximum atomic E-state index is 12.6. The topological polar surface area (TPSA) is 95.5 Å². The molecule has 10 heteroatoms. The molecule has 36 heavy (non-hydrogen) atoms. The molecule has 0 fully saturated rings. The Bertz CT molecular complexity index is 1230. The van der Waals surface area contributed by atoms with Crippen molar-refractivity contribution in [3.05, 3.63) is 81.8 Å². The van der Waals surface area contributed by atoms with Gasteiger partial charge in [-0.1, -0.05) is 29.3 Å². The van der Waals surface area contributed by atoms with Gasteiger partial charge in [0.1, 0.15) is 16.5 Å². The molecule has 1 N–H and O–H groups in total. The molecule has 3 aromatic carbocycles. The molecular weight excluding hydrogens is 507 g/mol. The SMILES string of the molecule is CCOc1ccc(C(=O)Oc2ccc(/C=N\NC(=O)COc3cccc(Cl)c3Cl)cc2OCC)cc1. The lowest BCUT2D eigenvalue weighted by Gasteiger charge is -2.11. The first-order valence-corrected chi connectivity index (χ1v) is 11.8. The van der Waals surface area contributed by atoms with Crippen LogP contribution in [0.4, 0.5) is 0 Å². The lowest BCUT2D eigenvalue weighted by molar-refractivity contribution is -0.123. The van der Waals surface area contributed by atoms with Crippen LogP contribution in [0.1, 0.15) is 29.8 Å². The average Bonchev–Trinajstić information content (AvgIpc) is 2.87. The summed E-state index contributed by atoms with van der Waals surface area (Å²) in [5.41, 5.74) is 3.34. The van der Waals surface area contributed by atoms with Gasteiger partial charge in [-0.2, -0.15) is 5.10 Å². The Morgan fingerprint density at radius 3 is 2.36 bits per heavy atom. The highest BCUT2D eigenvalue weighted by Gasteiger charge is 2.14. The molecule has 0 aliphatic rings. The van der Waals surface area contributed by atoms with Gasteiger partial charge in [-0.3, -0.25) is 4.79 Å². The van der Waals surface area contributed by atoms with Gasteiger partial charge in [-0.25, -0.2) is 10.2 Å². The summed E-state index contributed by atoms with van der Waals surface area (Å²) in [6, 6.07) is 16.4. The number of halogens is 2. The van der Waals surface area contributed by atoms with Crippen LogP contribution in [0.25, 0.3) is 0 Å². The van der Waals surface area contributed by atoms with E-state index in [1.165, 1.54) is 6.21 Å². The number of amides is 1. The molecule has 0 aliphatic carbocycles. The second-order valence-electron chi connectivity index (χ2n) is 7.12. The van der Waals surface area contributed by atoms with Crippen LogP contribution in [0, 0.1) is 0 Å². The molecule has 0 radical (unpaired) electrons. The van der Waals surface area contributed by atoms with Crippen molar-refractivity contribution in [2.75, 3.05) is 19.8 Å². The largest absolute Gasteiger partial charge is 0.494 e. The maximum absolute atomic E-state index is 12.6. The molecule has 0 bridgehead atoms. The predicted octanol–water partition coefficient (Wildman–Crippen LogP) is 5.54. The number of carbonyl (C=O) groups excluding carboxylic acids is 2. The lowest BCUT2D eigenvalue weighted by Crippen LogP contribution is -2.24. The summed E-state index contributed by atoms with van der Waals surface area (Å²) in [6.07, 6.45) is 1.42. The van der Waals surface area contributed by atoms with Gasteiger partial charge in [0.2, 0.25) is 0 Å². The van der Waals surface area contributed by atoms with Crippen molar-refractivity contribution in [1.82, 2.24) is 5.43 Å². The highest BCUT2D eigenvalue weighted by atomic mass is 35.5. The van der Waals surface area contributed by atoms with Crippen LogP contribution >= 0.6 is 23.2 Å². The van der Waals surface area contributed by atoms with Gasteiger partial charge in [-0.15, -0.1) is 0 Å². The Hall–Kier alpha value is -3.75. The smallest absolute Gasteiger partial charge is 0.343 e. The fourth-order valence-corrected chi connectivity index (χ4v) is 3.27. The first-order valence-electron chi connectivity index (χ1n) is 11.0. The van der Waals surface area contributed by atoms with Crippen molar-refractivity contribution in [2.45, 2.75) is 13.8 Å². The molecule has 0 heterocycles. The van der Waals surface area contributed by atoms with E-state index in [2.05, 4.69) is 10.5 Å². The molecule has 3 rings (SSSR count). The monoisotopic (exact) mass is 530 g/mol. The number of benzene rings is 3. The van der Waals surface area contributed by atoms with E-state index in [1.807, 2.05) is 13.8 Å². The van der Waals surface area contributed by atoms with Crippen molar-refractivity contribution in [2.24, 2.45) is 5.10 Å². The zero-order valence-corrected chi connectivity index (χ0v) is 21.1. The van der Waals surface area contributed by atoms with E-state index >= 15 is 0 Å². The van der Waals surface area contributed by atoms with E-state index < -0.39 is 11.9 Å². The van der Waals surface area contributed by atoms with Crippen LogP contribution in [0.5, 0.6) is 23.0 Å². The maximum Gasteiger partial charge on any atom is 0.343 e. The predicted molar refractivity (Wildman–Crippen MR) is 138 cm³/mol. The van der Waals surface area contributed by atoms with Crippen molar-refractivity contribution in [3.63, 3.8) is 0 Å². The third-order valence-electron chi connectivity index (χ3n) is 4.55. The number of hydrogen-bond acceptors (Lipinski definition) is 7. The Morgan fingerprint density at radius 2 is 1.64 bits per heavy atom. The van der Waals surface area contributed by atoms with E-state index in [0.29, 0.717) is 46.6 Å². The zero-order valence-electron chi connectivity index (χ0n) is 19.6. The summed E-state index contributed by atoms with van der Waals surface area (Å²) >= 11 is 12.0. The van der Waals surface area contributed by atoms with Gasteiger partial charge >= 0.3 is 5.97 Å². The highest BCUT2D eigenvalue weighted by molar-refractivity contribution is 6.42. The van der Waals surface area contributed by atoms with Crippen LogP contribution in [0.2, 0.25) is 10.0 Å². The number of carbonyl (C=O) groups is 2. The molecule has 0 aromatic heterocycles. The van der Waals surface area contributed by atoms with Crippen LogP contribution in [-0.4, -0.2) is 37.9 Å². The average molecular weight is 531 g/mol. The van der Waals surface area contributed by atoms with E-state index in [4.69, 9.17) is 42.1 Å². The molecule has 1 amide bonds. The number of rotatable bonds is 11. The van der Waals surface area contributed by atoms with E-state index in [0.717, 1.165) is 0 Å². The zero-order chi connectivity index (χ0) is 25.9. The fourth-order valence-electron chi connectivity index (χ4n) is 2.92. The van der Waals surface area contributed by atoms with E-state index in [9.17, 15) is 9.59 Å². The van der Waals surface area contributed by atoms with Gasteiger partial charge in [0.15, 0.2) is 18.1 Å². The molecule has 0 saturated heterocycles. The summed E-state index contributed by atoms with van der Waals surface area (Å²) < 4.78 is 21.9. The quantitative estimate of drug-likeness (QED) is 0.151. The Balaban J connectivity index is 1.59. The third-order valence-corrected chi connectivity index (χ3v) is 5.35. The summed E-state index contributed by atoms with van der Waals surface area (Å²) in [5, 5.41) is 4.47. The van der Waals surface area contributed by atoms with Gasteiger partial charge < -0.3 is 18.9 Å². The third kappa shape index (κ3) is 7.63. The Morgan fingerprint density at radius 1 is 0.889 bits per heavy atom. The van der Waals surface area contributed by atoms with E-state index in [-0.39, 0.29) is 17.4 Å². The van der Waals surface area contributed by atoms with Crippen molar-refractivity contribution >= 4 is 41.3 Å². The van der Waals surface area contributed by atoms with Crippen molar-refractivity contribution in [3.8, 4) is 23.0 Å². The van der Waals surface area contributed by atoms with E-state index in [1.54, 1.807) is 60.7 Å². The first-order chi connectivity index (χ1) is 17.4. The number of esters is 1. The molecule has 0 saturated carbocycles. The van der Waals surface area contributed by atoms with Crippen LogP contribution in [0.3, 0.4) is 0 Å². The van der Waals surface area contributed by atoms with Gasteiger partial charge in [0.05, 0.1) is 30.0 Å². The van der Waals surface area contributed by atoms with Crippen molar-refractivity contribution < 1.29 is 28.5 Å². The summed E-state index contributed by atoms with van der Waals surface area (Å²) in [6.45, 7) is 4.28. The fraction of sp³-hybridized carbons (Fsp3) is 0.192. The summed E-state index contributed by atoms with van der Waals surface area (Å²) in [5.74, 6) is 0.537. The lowest BCUT2D eigenvalue weighted by atomic mass is 10.2. The van der Waals surface area contributed by atoms with Gasteiger partial charge in [-0.05, 0) is 74.0 Å². The van der Waals surface area contributed by atoms with Gasteiger partial charge in [0.25, 0.3) is 5.91 Å². The second-order valence-corrected chi connectivity index (χ2v) is 7.91. The Labute approximate surface area is 218 Å². The number of hydrogen-bond donors (Lipinski definition) is 1. The normalized spacial score (nSPS) is 10.7. The summed E-state index contributed by atoms with van der Waals surface area (Å²) in [7, 11) is 0. The highest BCUT2D eigenvalue weighted by Crippen LogP contribution is 2.31. The minimum atomic E-state index is -0.535. The van der Waals surface area contributed by atoms with Crippen molar-refractivity contribution in [1.29, 1.82) is 0 Å². The molecular formula is C26H24Cl2N2O6. The van der Waals surface area contributed by atoms with Crippen LogP contribution in [-0.2, 0) is 4.79 Å². The second kappa shape index (κ2) is 13.4. The molecule has 0 spiro atoms.